The van der Waals surface area contributed by atoms with Crippen LogP contribution in [0, 0.1) is 0 Å². The summed E-state index contributed by atoms with van der Waals surface area (Å²) in [5.74, 6) is -0.479. The Bertz CT molecular complexity index is 528. The monoisotopic (exact) mass is 327 g/mol. The van der Waals surface area contributed by atoms with Crippen molar-refractivity contribution in [2.45, 2.75) is 30.7 Å². The van der Waals surface area contributed by atoms with E-state index in [0.717, 1.165) is 18.4 Å². The zero-order valence-electron chi connectivity index (χ0n) is 11.8. The Kier molecular flexibility index (Phi) is 5.17. The highest BCUT2D eigenvalue weighted by atomic mass is 35.5. The molecule has 2 rings (SSSR count). The van der Waals surface area contributed by atoms with Gasteiger partial charge in [-0.1, -0.05) is 23.7 Å². The van der Waals surface area contributed by atoms with E-state index in [1.165, 1.54) is 0 Å². The molecular formula is C15H18ClNO3S. The normalized spacial score (nSPS) is 17.0. The number of halogens is 1. The summed E-state index contributed by atoms with van der Waals surface area (Å²) in [7, 11) is 0. The van der Waals surface area contributed by atoms with E-state index in [4.69, 9.17) is 11.6 Å². The van der Waals surface area contributed by atoms with Gasteiger partial charge in [0, 0.05) is 5.02 Å². The molecule has 0 saturated heterocycles. The molecule has 6 heteroatoms. The molecule has 1 fully saturated rings. The van der Waals surface area contributed by atoms with Gasteiger partial charge in [-0.3, -0.25) is 4.79 Å². The van der Waals surface area contributed by atoms with Gasteiger partial charge in [-0.2, -0.15) is 11.8 Å². The smallest absolute Gasteiger partial charge is 0.326 e. The lowest BCUT2D eigenvalue weighted by Gasteiger charge is -2.20. The SMILES string of the molecule is CSCC[C@H](NC(=O)C1(c2ccc(Cl)cc2)CC1)C(=O)O. The van der Waals surface area contributed by atoms with Gasteiger partial charge >= 0.3 is 5.97 Å². The predicted molar refractivity (Wildman–Crippen MR) is 84.9 cm³/mol. The second-order valence-corrected chi connectivity index (χ2v) is 6.66. The molecule has 0 bridgehead atoms. The number of nitrogens with one attached hydrogen (secondary N) is 1. The van der Waals surface area contributed by atoms with Crippen molar-refractivity contribution in [2.24, 2.45) is 0 Å². The van der Waals surface area contributed by atoms with Crippen LogP contribution in [0.5, 0.6) is 0 Å². The summed E-state index contributed by atoms with van der Waals surface area (Å²) in [6.45, 7) is 0. The van der Waals surface area contributed by atoms with E-state index < -0.39 is 17.4 Å². The van der Waals surface area contributed by atoms with Crippen LogP contribution < -0.4 is 5.32 Å². The number of carbonyl (C=O) groups excluding carboxylic acids is 1. The van der Waals surface area contributed by atoms with Gasteiger partial charge in [-0.25, -0.2) is 4.79 Å². The topological polar surface area (TPSA) is 66.4 Å². The maximum Gasteiger partial charge on any atom is 0.326 e. The minimum atomic E-state index is -0.982. The molecule has 0 aromatic heterocycles. The number of rotatable bonds is 7. The highest BCUT2D eigenvalue weighted by Gasteiger charge is 2.51. The van der Waals surface area contributed by atoms with Crippen molar-refractivity contribution < 1.29 is 14.7 Å². The Morgan fingerprint density at radius 1 is 1.38 bits per heavy atom. The first-order valence-corrected chi connectivity index (χ1v) is 8.55. The van der Waals surface area contributed by atoms with Crippen LogP contribution in [-0.4, -0.2) is 35.0 Å². The molecule has 1 saturated carbocycles. The zero-order valence-corrected chi connectivity index (χ0v) is 13.3. The molecule has 0 radical (unpaired) electrons. The zero-order chi connectivity index (χ0) is 15.5. The molecule has 114 valence electrons. The lowest BCUT2D eigenvalue weighted by molar-refractivity contribution is -0.142. The molecule has 4 nitrogen and oxygen atoms in total. The first-order chi connectivity index (χ1) is 9.99. The van der Waals surface area contributed by atoms with Crippen molar-refractivity contribution in [3.8, 4) is 0 Å². The van der Waals surface area contributed by atoms with Crippen molar-refractivity contribution >= 4 is 35.2 Å². The van der Waals surface area contributed by atoms with Gasteiger partial charge in [0.2, 0.25) is 5.91 Å². The van der Waals surface area contributed by atoms with Crippen molar-refractivity contribution in [2.75, 3.05) is 12.0 Å². The third-order valence-electron chi connectivity index (χ3n) is 3.80. The number of carboxylic acid groups (broad SMARTS) is 1. The highest BCUT2D eigenvalue weighted by Crippen LogP contribution is 2.48. The highest BCUT2D eigenvalue weighted by molar-refractivity contribution is 7.98. The van der Waals surface area contributed by atoms with E-state index in [0.29, 0.717) is 17.2 Å². The molecule has 1 aromatic carbocycles. The number of carbonyl (C=O) groups is 2. The molecule has 1 aliphatic carbocycles. The maximum absolute atomic E-state index is 12.5. The van der Waals surface area contributed by atoms with Crippen LogP contribution in [0.3, 0.4) is 0 Å². The average Bonchev–Trinajstić information content (AvgIpc) is 3.25. The van der Waals surface area contributed by atoms with Gasteiger partial charge < -0.3 is 10.4 Å². The number of thioether (sulfide) groups is 1. The van der Waals surface area contributed by atoms with Gasteiger partial charge in [0.15, 0.2) is 0 Å². The number of benzene rings is 1. The summed E-state index contributed by atoms with van der Waals surface area (Å²) in [5, 5.41) is 12.5. The maximum atomic E-state index is 12.5. The lowest BCUT2D eigenvalue weighted by Crippen LogP contribution is -2.45. The Morgan fingerprint density at radius 2 is 2.00 bits per heavy atom. The molecule has 1 aromatic rings. The third-order valence-corrected chi connectivity index (χ3v) is 4.69. The molecule has 0 spiro atoms. The van der Waals surface area contributed by atoms with Crippen molar-refractivity contribution in [3.63, 3.8) is 0 Å². The van der Waals surface area contributed by atoms with E-state index >= 15 is 0 Å². The largest absolute Gasteiger partial charge is 0.480 e. The van der Waals surface area contributed by atoms with Gasteiger partial charge in [0.25, 0.3) is 0 Å². The quantitative estimate of drug-likeness (QED) is 0.808. The van der Waals surface area contributed by atoms with Gasteiger partial charge in [0.1, 0.15) is 6.04 Å². The summed E-state index contributed by atoms with van der Waals surface area (Å²) >= 11 is 7.43. The van der Waals surface area contributed by atoms with Crippen LogP contribution in [-0.2, 0) is 15.0 Å². The summed E-state index contributed by atoms with van der Waals surface area (Å²) in [6.07, 6.45) is 3.83. The van der Waals surface area contributed by atoms with Gasteiger partial charge in [0.05, 0.1) is 5.41 Å². The minimum Gasteiger partial charge on any atom is -0.480 e. The standard InChI is InChI=1S/C15H18ClNO3S/c1-21-9-6-12(13(18)19)17-14(20)15(7-8-15)10-2-4-11(16)5-3-10/h2-5,12H,6-9H2,1H3,(H,17,20)(H,18,19)/t12-/m0/s1. The van der Waals surface area contributed by atoms with E-state index in [9.17, 15) is 14.7 Å². The molecular weight excluding hydrogens is 310 g/mol. The fourth-order valence-electron chi connectivity index (χ4n) is 2.33. The van der Waals surface area contributed by atoms with Gasteiger partial charge in [-0.05, 0) is 49.0 Å². The summed E-state index contributed by atoms with van der Waals surface area (Å²) in [6, 6.07) is 6.37. The van der Waals surface area contributed by atoms with Crippen molar-refractivity contribution in [1.82, 2.24) is 5.32 Å². The second kappa shape index (κ2) is 6.71. The lowest BCUT2D eigenvalue weighted by atomic mass is 9.94. The minimum absolute atomic E-state index is 0.196. The van der Waals surface area contributed by atoms with Crippen molar-refractivity contribution in [3.05, 3.63) is 34.9 Å². The number of hydrogen-bond acceptors (Lipinski definition) is 3. The van der Waals surface area contributed by atoms with E-state index in [1.807, 2.05) is 18.4 Å². The van der Waals surface area contributed by atoms with Crippen LogP contribution in [0.2, 0.25) is 5.02 Å². The van der Waals surface area contributed by atoms with E-state index in [2.05, 4.69) is 5.32 Å². The van der Waals surface area contributed by atoms with Crippen LogP contribution >= 0.6 is 23.4 Å². The Hall–Kier alpha value is -1.20. The molecule has 0 unspecified atom stereocenters. The van der Waals surface area contributed by atoms with Crippen LogP contribution in [0.25, 0.3) is 0 Å². The first-order valence-electron chi connectivity index (χ1n) is 6.78. The molecule has 0 heterocycles. The number of amides is 1. The van der Waals surface area contributed by atoms with Crippen LogP contribution in [0.15, 0.2) is 24.3 Å². The van der Waals surface area contributed by atoms with Gasteiger partial charge in [-0.15, -0.1) is 0 Å². The van der Waals surface area contributed by atoms with E-state index in [1.54, 1.807) is 23.9 Å². The van der Waals surface area contributed by atoms with Crippen molar-refractivity contribution in [1.29, 1.82) is 0 Å². The molecule has 1 amide bonds. The molecule has 1 atom stereocenters. The number of carboxylic acids is 1. The first kappa shape index (κ1) is 16.2. The third kappa shape index (κ3) is 3.71. The predicted octanol–water partition coefficient (Wildman–Crippen LogP) is 2.69. The Labute approximate surface area is 133 Å². The molecule has 0 aliphatic heterocycles. The van der Waals surface area contributed by atoms with Crippen LogP contribution in [0.1, 0.15) is 24.8 Å². The number of aliphatic carboxylic acids is 1. The number of hydrogen-bond donors (Lipinski definition) is 2. The fraction of sp³-hybridized carbons (Fsp3) is 0.467. The molecule has 1 aliphatic rings. The second-order valence-electron chi connectivity index (χ2n) is 5.23. The Balaban J connectivity index is 2.08. The Morgan fingerprint density at radius 3 is 2.48 bits per heavy atom. The molecule has 21 heavy (non-hydrogen) atoms. The summed E-state index contributed by atoms with van der Waals surface area (Å²) in [5.41, 5.74) is 0.330. The summed E-state index contributed by atoms with van der Waals surface area (Å²) < 4.78 is 0. The summed E-state index contributed by atoms with van der Waals surface area (Å²) in [4.78, 5) is 23.7. The van der Waals surface area contributed by atoms with E-state index in [-0.39, 0.29) is 5.91 Å². The molecule has 2 N–H and O–H groups in total. The fourth-order valence-corrected chi connectivity index (χ4v) is 2.93. The average molecular weight is 328 g/mol. The van der Waals surface area contributed by atoms with Crippen LogP contribution in [0.4, 0.5) is 0 Å².